The summed E-state index contributed by atoms with van der Waals surface area (Å²) >= 11 is 0. The van der Waals surface area contributed by atoms with Gasteiger partial charge in [-0.15, -0.1) is 35.9 Å². The van der Waals surface area contributed by atoms with Gasteiger partial charge in [0.1, 0.15) is 0 Å². The van der Waals surface area contributed by atoms with Gasteiger partial charge >= 0.3 is 0 Å². The third-order valence-corrected chi connectivity index (χ3v) is 5.32. The minimum Gasteiger partial charge on any atom is -0.304 e. The maximum atomic E-state index is 4.67. The largest absolute Gasteiger partial charge is 0.304 e. The third kappa shape index (κ3) is 1.89. The third-order valence-electron chi connectivity index (χ3n) is 5.32. The van der Waals surface area contributed by atoms with Crippen molar-refractivity contribution >= 4 is 0 Å². The molecule has 0 amide bonds. The van der Waals surface area contributed by atoms with E-state index in [1.807, 2.05) is 18.2 Å². The van der Waals surface area contributed by atoms with Crippen molar-refractivity contribution < 1.29 is 20.1 Å². The number of benzene rings is 1. The number of aromatic nitrogens is 1. The predicted molar refractivity (Wildman–Crippen MR) is 76.8 cm³/mol. The van der Waals surface area contributed by atoms with E-state index in [0.29, 0.717) is 5.41 Å². The van der Waals surface area contributed by atoms with Crippen molar-refractivity contribution in [1.82, 2.24) is 4.98 Å². The van der Waals surface area contributed by atoms with E-state index in [1.165, 1.54) is 24.0 Å². The molecular formula is C18H18IrN-. The van der Waals surface area contributed by atoms with Crippen LogP contribution < -0.4 is 0 Å². The Morgan fingerprint density at radius 1 is 1.30 bits per heavy atom. The average molecular weight is 441 g/mol. The second-order valence-corrected chi connectivity index (χ2v) is 6.56. The van der Waals surface area contributed by atoms with Gasteiger partial charge in [0.2, 0.25) is 0 Å². The van der Waals surface area contributed by atoms with Gasteiger partial charge < -0.3 is 4.98 Å². The second-order valence-electron chi connectivity index (χ2n) is 6.56. The molecule has 0 N–H and O–H groups in total. The fourth-order valence-electron chi connectivity index (χ4n) is 3.85. The molecule has 1 radical (unpaired) electrons. The molecule has 2 aromatic rings. The molecule has 2 heteroatoms. The Bertz CT molecular complexity index is 633. The summed E-state index contributed by atoms with van der Waals surface area (Å²) in [4.78, 5) is 4.67. The predicted octanol–water partition coefficient (Wildman–Crippen LogP) is 4.23. The Labute approximate surface area is 134 Å². The van der Waals surface area contributed by atoms with Gasteiger partial charge in [-0.3, -0.25) is 0 Å². The van der Waals surface area contributed by atoms with E-state index in [9.17, 15) is 0 Å². The molecule has 0 spiro atoms. The van der Waals surface area contributed by atoms with Gasteiger partial charge in [0.25, 0.3) is 0 Å². The molecule has 2 bridgehead atoms. The van der Waals surface area contributed by atoms with Gasteiger partial charge in [-0.25, -0.2) is 0 Å². The molecule has 2 atom stereocenters. The molecule has 1 fully saturated rings. The van der Waals surface area contributed by atoms with Crippen LogP contribution in [0.25, 0.3) is 11.3 Å². The first-order valence-electron chi connectivity index (χ1n) is 7.12. The summed E-state index contributed by atoms with van der Waals surface area (Å²) in [5.74, 6) is 1.59. The molecule has 105 valence electrons. The van der Waals surface area contributed by atoms with E-state index < -0.39 is 0 Å². The zero-order chi connectivity index (χ0) is 13.0. The standard InChI is InChI=1S/C18H18N.Ir/c1-18(2)14-8-13-9-17(12-6-4-3-5-7-12)19-11-15(13)16(18)10-14;/h3-6,9,11,14,16H,8,10H2,1-2H3;/q-1;. The molecule has 3 aliphatic rings. The van der Waals surface area contributed by atoms with Crippen LogP contribution in [-0.2, 0) is 26.5 Å². The van der Waals surface area contributed by atoms with E-state index in [-0.39, 0.29) is 20.1 Å². The van der Waals surface area contributed by atoms with Gasteiger partial charge in [0.15, 0.2) is 0 Å². The first-order valence-corrected chi connectivity index (χ1v) is 7.12. The Morgan fingerprint density at radius 3 is 2.85 bits per heavy atom. The monoisotopic (exact) mass is 441 g/mol. The normalized spacial score (nSPS) is 25.1. The summed E-state index contributed by atoms with van der Waals surface area (Å²) in [5, 5.41) is 0. The molecule has 0 aliphatic heterocycles. The van der Waals surface area contributed by atoms with Crippen LogP contribution in [0, 0.1) is 17.4 Å². The number of pyridine rings is 1. The van der Waals surface area contributed by atoms with Crippen molar-refractivity contribution in [3.63, 3.8) is 0 Å². The summed E-state index contributed by atoms with van der Waals surface area (Å²) in [7, 11) is 0. The van der Waals surface area contributed by atoms with E-state index >= 15 is 0 Å². The number of hydrogen-bond donors (Lipinski definition) is 0. The first-order chi connectivity index (χ1) is 9.16. The minimum atomic E-state index is 0. The van der Waals surface area contributed by atoms with Crippen LogP contribution in [0.4, 0.5) is 0 Å². The number of rotatable bonds is 1. The average Bonchev–Trinajstić information content (AvgIpc) is 2.46. The Hall–Kier alpha value is -0.981. The Morgan fingerprint density at radius 2 is 2.15 bits per heavy atom. The van der Waals surface area contributed by atoms with Gasteiger partial charge in [-0.05, 0) is 46.9 Å². The quantitative estimate of drug-likeness (QED) is 0.605. The van der Waals surface area contributed by atoms with Crippen molar-refractivity contribution in [2.45, 2.75) is 32.6 Å². The fourth-order valence-corrected chi connectivity index (χ4v) is 3.85. The SMILES string of the molecule is CC1(C)C2Cc3cc(-c4[c-]cccc4)ncc3C1C2.[Ir]. The van der Waals surface area contributed by atoms with Gasteiger partial charge in [0.05, 0.1) is 0 Å². The van der Waals surface area contributed by atoms with Gasteiger partial charge in [-0.2, -0.15) is 0 Å². The number of hydrogen-bond acceptors (Lipinski definition) is 1. The van der Waals surface area contributed by atoms with Crippen molar-refractivity contribution in [2.24, 2.45) is 11.3 Å². The van der Waals surface area contributed by atoms with Gasteiger partial charge in [0, 0.05) is 26.3 Å². The summed E-state index contributed by atoms with van der Waals surface area (Å²) in [6.07, 6.45) is 4.70. The van der Waals surface area contributed by atoms with Crippen molar-refractivity contribution in [3.05, 3.63) is 53.7 Å². The van der Waals surface area contributed by atoms with E-state index in [1.54, 1.807) is 0 Å². The van der Waals surface area contributed by atoms with Crippen molar-refractivity contribution in [1.29, 1.82) is 0 Å². The van der Waals surface area contributed by atoms with Crippen molar-refractivity contribution in [2.75, 3.05) is 0 Å². The molecule has 1 heterocycles. The summed E-state index contributed by atoms with van der Waals surface area (Å²) in [5.41, 5.74) is 5.66. The van der Waals surface area contributed by atoms with Crippen LogP contribution in [0.3, 0.4) is 0 Å². The molecule has 2 unspecified atom stereocenters. The summed E-state index contributed by atoms with van der Waals surface area (Å²) in [6, 6.07) is 13.6. The molecule has 1 nitrogen and oxygen atoms in total. The van der Waals surface area contributed by atoms with E-state index in [4.69, 9.17) is 0 Å². The molecule has 1 saturated carbocycles. The molecule has 5 rings (SSSR count). The van der Waals surface area contributed by atoms with Crippen molar-refractivity contribution in [3.8, 4) is 11.3 Å². The zero-order valence-corrected chi connectivity index (χ0v) is 14.2. The summed E-state index contributed by atoms with van der Waals surface area (Å²) < 4.78 is 0. The zero-order valence-electron chi connectivity index (χ0n) is 11.8. The van der Waals surface area contributed by atoms with Crippen LogP contribution in [0.2, 0.25) is 0 Å². The molecule has 0 saturated heterocycles. The number of nitrogens with zero attached hydrogens (tertiary/aromatic N) is 1. The Balaban J connectivity index is 0.00000121. The Kier molecular flexibility index (Phi) is 3.35. The minimum absolute atomic E-state index is 0. The maximum Gasteiger partial charge on any atom is 0.0198 e. The van der Waals surface area contributed by atoms with Crippen LogP contribution in [0.15, 0.2) is 36.5 Å². The molecular weight excluding hydrogens is 422 g/mol. The molecule has 20 heavy (non-hydrogen) atoms. The maximum absolute atomic E-state index is 4.67. The van der Waals surface area contributed by atoms with Crippen LogP contribution >= 0.6 is 0 Å². The van der Waals surface area contributed by atoms with Crippen LogP contribution in [0.1, 0.15) is 37.3 Å². The molecule has 3 aliphatic carbocycles. The second kappa shape index (κ2) is 4.79. The fraction of sp³-hybridized carbons (Fsp3) is 0.389. The van der Waals surface area contributed by atoms with Crippen LogP contribution in [0.5, 0.6) is 0 Å². The topological polar surface area (TPSA) is 12.9 Å². The summed E-state index contributed by atoms with van der Waals surface area (Å²) in [6.45, 7) is 4.82. The molecule has 1 aromatic carbocycles. The van der Waals surface area contributed by atoms with E-state index in [0.717, 1.165) is 23.1 Å². The van der Waals surface area contributed by atoms with Crippen LogP contribution in [-0.4, -0.2) is 4.98 Å². The van der Waals surface area contributed by atoms with Gasteiger partial charge in [-0.1, -0.05) is 19.9 Å². The van der Waals surface area contributed by atoms with E-state index in [2.05, 4.69) is 43.2 Å². The first kappa shape index (κ1) is 14.0. The smallest absolute Gasteiger partial charge is 0.0198 e. The molecule has 1 aromatic heterocycles.